The molecule has 3 saturated carbocycles. The van der Waals surface area contributed by atoms with Crippen LogP contribution in [0, 0.1) is 11.8 Å². The highest BCUT2D eigenvalue weighted by atomic mass is 31.0. The minimum absolute atomic E-state index is 0.269. The first-order chi connectivity index (χ1) is 11.6. The van der Waals surface area contributed by atoms with E-state index in [0.717, 1.165) is 25.7 Å². The molecule has 0 aromatic carbocycles. The van der Waals surface area contributed by atoms with Crippen LogP contribution >= 0.6 is 18.5 Å². The second-order valence-electron chi connectivity index (χ2n) is 8.24. The normalized spacial score (nSPS) is 43.0. The van der Waals surface area contributed by atoms with Crippen LogP contribution in [0.15, 0.2) is 0 Å². The average Bonchev–Trinajstić information content (AvgIpc) is 3.17. The third-order valence-corrected chi connectivity index (χ3v) is 8.25. The minimum atomic E-state index is -0.416. The summed E-state index contributed by atoms with van der Waals surface area (Å²) in [4.78, 5) is 0. The number of nitrogens with one attached hydrogen (secondary N) is 2. The van der Waals surface area contributed by atoms with E-state index in [2.05, 4.69) is 29.1 Å². The molecular formula is C18H36N2O2P2. The van der Waals surface area contributed by atoms with E-state index in [1.165, 1.54) is 38.5 Å². The summed E-state index contributed by atoms with van der Waals surface area (Å²) in [5.41, 5.74) is 1.06. The molecule has 0 aromatic heterocycles. The van der Waals surface area contributed by atoms with Crippen molar-refractivity contribution in [3.63, 3.8) is 0 Å². The fourth-order valence-corrected chi connectivity index (χ4v) is 6.31. The summed E-state index contributed by atoms with van der Waals surface area (Å²) >= 11 is 0. The number of rotatable bonds is 6. The largest absolute Gasteiger partial charge is 0.378 e. The maximum atomic E-state index is 10.7. The van der Waals surface area contributed by atoms with Crippen LogP contribution in [-0.4, -0.2) is 46.1 Å². The van der Waals surface area contributed by atoms with Crippen LogP contribution < -0.4 is 10.6 Å². The summed E-state index contributed by atoms with van der Waals surface area (Å²) in [6, 6.07) is 0.538. The van der Waals surface area contributed by atoms with Gasteiger partial charge in [0.1, 0.15) is 12.5 Å². The van der Waals surface area contributed by atoms with Crippen molar-refractivity contribution in [3.05, 3.63) is 0 Å². The Morgan fingerprint density at radius 3 is 1.38 bits per heavy atom. The van der Waals surface area contributed by atoms with E-state index in [1.54, 1.807) is 0 Å². The van der Waals surface area contributed by atoms with E-state index >= 15 is 0 Å². The van der Waals surface area contributed by atoms with Gasteiger partial charge in [-0.2, -0.15) is 0 Å². The highest BCUT2D eigenvalue weighted by molar-refractivity contribution is 7.17. The zero-order chi connectivity index (χ0) is 17.1. The van der Waals surface area contributed by atoms with E-state index in [4.69, 9.17) is 0 Å². The van der Waals surface area contributed by atoms with E-state index in [0.29, 0.717) is 23.2 Å². The standard InChI is InChI=1S/C18H36N2O2P2/c21-17(11-5-3-9-15(11)23)19-13-7-1-2-8-14(13)20-18(22)12-6-4-10-16(12)24/h11-22H,1-10,23-24H2. The van der Waals surface area contributed by atoms with Crippen LogP contribution in [0.25, 0.3) is 0 Å². The first-order valence-corrected chi connectivity index (χ1v) is 11.3. The molecule has 4 N–H and O–H groups in total. The van der Waals surface area contributed by atoms with Crippen molar-refractivity contribution in [1.29, 1.82) is 0 Å². The van der Waals surface area contributed by atoms with Crippen LogP contribution in [-0.2, 0) is 0 Å². The minimum Gasteiger partial charge on any atom is -0.378 e. The molecule has 3 aliphatic carbocycles. The van der Waals surface area contributed by atoms with E-state index in [9.17, 15) is 10.2 Å². The maximum absolute atomic E-state index is 10.7. The summed E-state index contributed by atoms with van der Waals surface area (Å²) in [7, 11) is 5.82. The third kappa shape index (κ3) is 4.70. The highest BCUT2D eigenvalue weighted by Crippen LogP contribution is 2.35. The van der Waals surface area contributed by atoms with Crippen LogP contribution in [0.3, 0.4) is 0 Å². The Morgan fingerprint density at radius 1 is 0.625 bits per heavy atom. The lowest BCUT2D eigenvalue weighted by atomic mass is 9.88. The molecule has 0 bridgehead atoms. The van der Waals surface area contributed by atoms with Gasteiger partial charge >= 0.3 is 0 Å². The summed E-state index contributed by atoms with van der Waals surface area (Å²) < 4.78 is 0. The van der Waals surface area contributed by atoms with Gasteiger partial charge in [-0.3, -0.25) is 10.6 Å². The second-order valence-corrected chi connectivity index (χ2v) is 9.95. The molecule has 6 heteroatoms. The lowest BCUT2D eigenvalue weighted by molar-refractivity contribution is 0.0283. The van der Waals surface area contributed by atoms with Crippen molar-refractivity contribution < 1.29 is 10.2 Å². The van der Waals surface area contributed by atoms with Crippen molar-refractivity contribution in [2.75, 3.05) is 0 Å². The van der Waals surface area contributed by atoms with Crippen LogP contribution in [0.1, 0.15) is 64.2 Å². The molecule has 3 aliphatic rings. The molecule has 0 heterocycles. The van der Waals surface area contributed by atoms with Gasteiger partial charge in [-0.05, 0) is 49.8 Å². The maximum Gasteiger partial charge on any atom is 0.108 e. The van der Waals surface area contributed by atoms with Gasteiger partial charge < -0.3 is 10.2 Å². The molecular weight excluding hydrogens is 338 g/mol. The SMILES string of the molecule is OC(NC1CCCCC1NC(O)C1CCCC1P)C1CCCC1P. The monoisotopic (exact) mass is 374 g/mol. The van der Waals surface area contributed by atoms with E-state index in [1.807, 2.05) is 0 Å². The lowest BCUT2D eigenvalue weighted by Gasteiger charge is -2.38. The molecule has 0 aliphatic heterocycles. The molecule has 0 amide bonds. The predicted molar refractivity (Wildman–Crippen MR) is 106 cm³/mol. The van der Waals surface area contributed by atoms with Crippen LogP contribution in [0.5, 0.6) is 0 Å². The molecule has 140 valence electrons. The Kier molecular flexibility index (Phi) is 7.35. The van der Waals surface area contributed by atoms with Gasteiger partial charge in [-0.25, -0.2) is 0 Å². The first-order valence-electron chi connectivity index (χ1n) is 9.95. The molecule has 24 heavy (non-hydrogen) atoms. The predicted octanol–water partition coefficient (Wildman–Crippen LogP) is 2.20. The van der Waals surface area contributed by atoms with Crippen LogP contribution in [0.4, 0.5) is 0 Å². The summed E-state index contributed by atoms with van der Waals surface area (Å²) in [6.07, 6.45) is 10.9. The molecule has 3 rings (SSSR count). The second kappa shape index (κ2) is 9.07. The number of aliphatic hydroxyl groups excluding tert-OH is 2. The molecule has 0 spiro atoms. The van der Waals surface area contributed by atoms with Crippen molar-refractivity contribution in [2.45, 2.75) is 100 Å². The van der Waals surface area contributed by atoms with Gasteiger partial charge in [0.05, 0.1) is 0 Å². The van der Waals surface area contributed by atoms with Gasteiger partial charge in [0, 0.05) is 23.9 Å². The smallest absolute Gasteiger partial charge is 0.108 e. The average molecular weight is 374 g/mol. The Labute approximate surface area is 151 Å². The van der Waals surface area contributed by atoms with Crippen molar-refractivity contribution >= 4 is 18.5 Å². The molecule has 10 atom stereocenters. The summed E-state index contributed by atoms with van der Waals surface area (Å²) in [5.74, 6) is 0.711. The third-order valence-electron chi connectivity index (χ3n) is 6.60. The van der Waals surface area contributed by atoms with Crippen molar-refractivity contribution in [3.8, 4) is 0 Å². The number of aliphatic hydroxyl groups is 2. The quantitative estimate of drug-likeness (QED) is 0.425. The Hall–Kier alpha value is 0.700. The molecule has 10 unspecified atom stereocenters. The number of hydrogen-bond acceptors (Lipinski definition) is 4. The zero-order valence-corrected chi connectivity index (χ0v) is 17.0. The molecule has 3 fully saturated rings. The first kappa shape index (κ1) is 19.5. The Bertz CT molecular complexity index is 365. The Balaban J connectivity index is 1.54. The van der Waals surface area contributed by atoms with Gasteiger partial charge in [-0.1, -0.05) is 25.7 Å². The topological polar surface area (TPSA) is 64.5 Å². The van der Waals surface area contributed by atoms with Gasteiger partial charge in [0.15, 0.2) is 0 Å². The van der Waals surface area contributed by atoms with Gasteiger partial charge in [-0.15, -0.1) is 18.5 Å². The summed E-state index contributed by atoms with van der Waals surface area (Å²) in [5, 5.41) is 28.3. The fraction of sp³-hybridized carbons (Fsp3) is 1.00. The molecule has 0 radical (unpaired) electrons. The van der Waals surface area contributed by atoms with Crippen molar-refractivity contribution in [2.24, 2.45) is 11.8 Å². The molecule has 4 nitrogen and oxygen atoms in total. The van der Waals surface area contributed by atoms with E-state index in [-0.39, 0.29) is 12.1 Å². The molecule has 0 aromatic rings. The van der Waals surface area contributed by atoms with Gasteiger partial charge in [0.25, 0.3) is 0 Å². The van der Waals surface area contributed by atoms with E-state index < -0.39 is 12.5 Å². The highest BCUT2D eigenvalue weighted by Gasteiger charge is 2.36. The fourth-order valence-electron chi connectivity index (χ4n) is 5.03. The lowest BCUT2D eigenvalue weighted by Crippen LogP contribution is -2.58. The number of hydrogen-bond donors (Lipinski definition) is 4. The summed E-state index contributed by atoms with van der Waals surface area (Å²) in [6.45, 7) is 0. The van der Waals surface area contributed by atoms with Crippen LogP contribution in [0.2, 0.25) is 0 Å². The molecule has 0 saturated heterocycles. The zero-order valence-electron chi connectivity index (χ0n) is 14.7. The van der Waals surface area contributed by atoms with Gasteiger partial charge in [0.2, 0.25) is 0 Å². The van der Waals surface area contributed by atoms with Crippen molar-refractivity contribution in [1.82, 2.24) is 10.6 Å². The Morgan fingerprint density at radius 2 is 1.04 bits per heavy atom.